The van der Waals surface area contributed by atoms with Crippen molar-refractivity contribution in [1.82, 2.24) is 15.0 Å². The fourth-order valence-electron chi connectivity index (χ4n) is 2.64. The van der Waals surface area contributed by atoms with E-state index in [-0.39, 0.29) is 23.5 Å². The highest BCUT2D eigenvalue weighted by atomic mass is 19.4. The number of halogens is 7. The number of hydrogen-bond acceptors (Lipinski definition) is 4. The van der Waals surface area contributed by atoms with E-state index in [0.29, 0.717) is 0 Å². The first-order valence-corrected chi connectivity index (χ1v) is 9.23. The number of hydrazone groups is 1. The Morgan fingerprint density at radius 3 is 2.35 bits per heavy atom. The SMILES string of the molecule is O=C(N/N=C(/Cn1cnc(C(F)(F)F)c1)c1cccc(F)c1)Nc1ccc(OC(F)(F)F)cc1. The Bertz CT molecular complexity index is 1170. The molecule has 180 valence electrons. The van der Waals surface area contributed by atoms with Gasteiger partial charge in [-0.1, -0.05) is 12.1 Å². The molecule has 2 N–H and O–H groups in total. The molecule has 1 heterocycles. The van der Waals surface area contributed by atoms with Gasteiger partial charge in [-0.2, -0.15) is 18.3 Å². The van der Waals surface area contributed by atoms with Crippen molar-refractivity contribution in [2.24, 2.45) is 5.10 Å². The summed E-state index contributed by atoms with van der Waals surface area (Å²) in [7, 11) is 0. The number of nitrogens with one attached hydrogen (secondary N) is 2. The van der Waals surface area contributed by atoms with Crippen LogP contribution in [0.15, 0.2) is 66.2 Å². The molecular weight excluding hydrogens is 475 g/mol. The van der Waals surface area contributed by atoms with Gasteiger partial charge in [0.1, 0.15) is 11.6 Å². The molecule has 0 unspecified atom stereocenters. The van der Waals surface area contributed by atoms with Crippen molar-refractivity contribution >= 4 is 17.4 Å². The topological polar surface area (TPSA) is 80.5 Å². The minimum absolute atomic E-state index is 0.00491. The van der Waals surface area contributed by atoms with Gasteiger partial charge in [0.15, 0.2) is 5.69 Å². The predicted octanol–water partition coefficient (Wildman–Crippen LogP) is 5.17. The standard InChI is InChI=1S/C20H14F7N5O2/c21-13-3-1-2-12(8-13)16(9-32-10-17(28-11-32)19(22,23)24)30-31-18(33)29-14-4-6-15(7-5-14)34-20(25,26)27/h1-8,10-11H,9H2,(H2,29,31,33)/b30-16-. The number of anilines is 1. The molecule has 14 heteroatoms. The number of alkyl halides is 6. The second-order valence-corrected chi connectivity index (χ2v) is 6.64. The van der Waals surface area contributed by atoms with Crippen LogP contribution in [-0.4, -0.2) is 27.7 Å². The Morgan fingerprint density at radius 1 is 1.06 bits per heavy atom. The molecule has 0 fully saturated rings. The number of amides is 2. The van der Waals surface area contributed by atoms with E-state index in [1.54, 1.807) is 0 Å². The summed E-state index contributed by atoms with van der Waals surface area (Å²) in [6, 6.07) is 8.31. The van der Waals surface area contributed by atoms with Crippen LogP contribution in [0.2, 0.25) is 0 Å². The van der Waals surface area contributed by atoms with Crippen molar-refractivity contribution in [3.63, 3.8) is 0 Å². The van der Waals surface area contributed by atoms with Crippen LogP contribution in [-0.2, 0) is 12.7 Å². The van der Waals surface area contributed by atoms with E-state index in [2.05, 4.69) is 25.6 Å². The average molecular weight is 489 g/mol. The Kier molecular flexibility index (Phi) is 7.08. The van der Waals surface area contributed by atoms with Gasteiger partial charge in [0, 0.05) is 17.4 Å². The molecule has 7 nitrogen and oxygen atoms in total. The molecule has 0 saturated heterocycles. The summed E-state index contributed by atoms with van der Waals surface area (Å²) in [4.78, 5) is 15.4. The van der Waals surface area contributed by atoms with Gasteiger partial charge < -0.3 is 14.6 Å². The van der Waals surface area contributed by atoms with Crippen molar-refractivity contribution in [3.05, 3.63) is 78.1 Å². The lowest BCUT2D eigenvalue weighted by atomic mass is 10.1. The maximum absolute atomic E-state index is 13.6. The number of rotatable bonds is 6. The van der Waals surface area contributed by atoms with E-state index in [9.17, 15) is 35.5 Å². The van der Waals surface area contributed by atoms with Crippen LogP contribution in [0.25, 0.3) is 0 Å². The number of nitrogens with zero attached hydrogens (tertiary/aromatic N) is 3. The van der Waals surface area contributed by atoms with E-state index in [1.807, 2.05) is 0 Å². The second-order valence-electron chi connectivity index (χ2n) is 6.64. The van der Waals surface area contributed by atoms with E-state index in [0.717, 1.165) is 53.5 Å². The van der Waals surface area contributed by atoms with Gasteiger partial charge in [-0.3, -0.25) is 0 Å². The highest BCUT2D eigenvalue weighted by Crippen LogP contribution is 2.27. The van der Waals surface area contributed by atoms with Crippen LogP contribution in [0.1, 0.15) is 11.3 Å². The molecule has 0 saturated carbocycles. The van der Waals surface area contributed by atoms with Gasteiger partial charge in [-0.15, -0.1) is 13.2 Å². The fraction of sp³-hybridized carbons (Fsp3) is 0.150. The molecule has 0 aliphatic heterocycles. The maximum Gasteiger partial charge on any atom is 0.573 e. The molecule has 0 atom stereocenters. The summed E-state index contributed by atoms with van der Waals surface area (Å²) >= 11 is 0. The van der Waals surface area contributed by atoms with E-state index < -0.39 is 35.8 Å². The molecule has 0 aliphatic carbocycles. The van der Waals surface area contributed by atoms with Crippen LogP contribution >= 0.6 is 0 Å². The number of imidazole rings is 1. The second kappa shape index (κ2) is 9.80. The van der Waals surface area contributed by atoms with Gasteiger partial charge in [0.2, 0.25) is 0 Å². The Balaban J connectivity index is 1.73. The Labute approximate surface area is 186 Å². The lowest BCUT2D eigenvalue weighted by molar-refractivity contribution is -0.274. The molecule has 0 bridgehead atoms. The number of urea groups is 1. The largest absolute Gasteiger partial charge is 0.573 e. The van der Waals surface area contributed by atoms with Crippen LogP contribution < -0.4 is 15.5 Å². The summed E-state index contributed by atoms with van der Waals surface area (Å²) in [5.41, 5.74) is 1.23. The Hall–Kier alpha value is -4.10. The third-order valence-electron chi connectivity index (χ3n) is 4.05. The molecule has 34 heavy (non-hydrogen) atoms. The molecule has 2 amide bonds. The quantitative estimate of drug-likeness (QED) is 0.285. The van der Waals surface area contributed by atoms with Crippen molar-refractivity contribution < 1.29 is 40.3 Å². The van der Waals surface area contributed by atoms with Gasteiger partial charge in [0.05, 0.1) is 18.6 Å². The number of hydrogen-bond donors (Lipinski definition) is 2. The van der Waals surface area contributed by atoms with E-state index >= 15 is 0 Å². The summed E-state index contributed by atoms with van der Waals surface area (Å²) < 4.78 is 93.4. The summed E-state index contributed by atoms with van der Waals surface area (Å²) in [5.74, 6) is -1.14. The molecule has 0 radical (unpaired) electrons. The van der Waals surface area contributed by atoms with Crippen LogP contribution in [0.4, 0.5) is 41.2 Å². The number of benzene rings is 2. The highest BCUT2D eigenvalue weighted by molar-refractivity contribution is 6.01. The van der Waals surface area contributed by atoms with Crippen molar-refractivity contribution in [2.45, 2.75) is 19.1 Å². The smallest absolute Gasteiger partial charge is 0.406 e. The fourth-order valence-corrected chi connectivity index (χ4v) is 2.64. The number of aromatic nitrogens is 2. The number of carbonyl (C=O) groups excluding carboxylic acids is 1. The van der Waals surface area contributed by atoms with Crippen LogP contribution in [0.5, 0.6) is 5.75 Å². The minimum atomic E-state index is -4.87. The van der Waals surface area contributed by atoms with Gasteiger partial charge >= 0.3 is 18.6 Å². The lowest BCUT2D eigenvalue weighted by Crippen LogP contribution is -2.26. The summed E-state index contributed by atoms with van der Waals surface area (Å²) in [6.45, 7) is -0.295. The van der Waals surface area contributed by atoms with Crippen LogP contribution in [0.3, 0.4) is 0 Å². The highest BCUT2D eigenvalue weighted by Gasteiger charge is 2.33. The van der Waals surface area contributed by atoms with Crippen LogP contribution in [0, 0.1) is 5.82 Å². The van der Waals surface area contributed by atoms with Crippen molar-refractivity contribution in [1.29, 1.82) is 0 Å². The zero-order chi connectivity index (χ0) is 24.9. The maximum atomic E-state index is 13.6. The van der Waals surface area contributed by atoms with Gasteiger partial charge in [-0.05, 0) is 36.4 Å². The summed E-state index contributed by atoms with van der Waals surface area (Å²) in [6.07, 6.45) is -7.91. The monoisotopic (exact) mass is 489 g/mol. The first-order valence-electron chi connectivity index (χ1n) is 9.23. The number of ether oxygens (including phenoxy) is 1. The Morgan fingerprint density at radius 2 is 1.76 bits per heavy atom. The van der Waals surface area contributed by atoms with E-state index in [1.165, 1.54) is 12.1 Å². The zero-order valence-corrected chi connectivity index (χ0v) is 16.8. The minimum Gasteiger partial charge on any atom is -0.406 e. The molecule has 3 aromatic rings. The van der Waals surface area contributed by atoms with Crippen molar-refractivity contribution in [2.75, 3.05) is 5.32 Å². The first-order chi connectivity index (χ1) is 15.9. The lowest BCUT2D eigenvalue weighted by Gasteiger charge is -2.11. The molecular formula is C20H14F7N5O2. The van der Waals surface area contributed by atoms with E-state index in [4.69, 9.17) is 0 Å². The van der Waals surface area contributed by atoms with Gasteiger partial charge in [0.25, 0.3) is 0 Å². The molecule has 2 aromatic carbocycles. The zero-order valence-electron chi connectivity index (χ0n) is 16.8. The predicted molar refractivity (Wildman–Crippen MR) is 105 cm³/mol. The summed E-state index contributed by atoms with van der Waals surface area (Å²) in [5, 5.41) is 6.15. The number of carbonyl (C=O) groups is 1. The van der Waals surface area contributed by atoms with Crippen molar-refractivity contribution in [3.8, 4) is 5.75 Å². The molecule has 0 aliphatic rings. The average Bonchev–Trinajstić information content (AvgIpc) is 3.21. The molecule has 1 aromatic heterocycles. The third kappa shape index (κ3) is 7.21. The van der Waals surface area contributed by atoms with Gasteiger partial charge in [-0.25, -0.2) is 19.6 Å². The first kappa shape index (κ1) is 24.5. The molecule has 3 rings (SSSR count). The molecule has 0 spiro atoms. The third-order valence-corrected chi connectivity index (χ3v) is 4.05. The normalized spacial score (nSPS) is 12.4.